The molecule has 0 saturated heterocycles. The van der Waals surface area contributed by atoms with Crippen molar-refractivity contribution in [2.24, 2.45) is 5.11 Å². The number of benzene rings is 1. The van der Waals surface area contributed by atoms with Gasteiger partial charge in [-0.3, -0.25) is 4.79 Å². The zero-order chi connectivity index (χ0) is 11.8. The van der Waals surface area contributed by atoms with Crippen molar-refractivity contribution in [3.63, 3.8) is 0 Å². The molecule has 0 saturated carbocycles. The van der Waals surface area contributed by atoms with E-state index in [9.17, 15) is 4.79 Å². The van der Waals surface area contributed by atoms with Crippen molar-refractivity contribution in [2.75, 3.05) is 13.7 Å². The summed E-state index contributed by atoms with van der Waals surface area (Å²) >= 11 is 0. The highest BCUT2D eigenvalue weighted by molar-refractivity contribution is 5.82. The van der Waals surface area contributed by atoms with Gasteiger partial charge in [-0.1, -0.05) is 17.3 Å². The van der Waals surface area contributed by atoms with Crippen LogP contribution in [0.1, 0.15) is 15.9 Å². The average Bonchev–Trinajstić information content (AvgIpc) is 2.34. The Morgan fingerprint density at radius 1 is 1.50 bits per heavy atom. The molecule has 5 nitrogen and oxygen atoms in total. The number of azide groups is 1. The number of methoxy groups -OCH3 is 1. The minimum absolute atomic E-state index is 0.256. The Hall–Kier alpha value is -2.26. The van der Waals surface area contributed by atoms with E-state index in [-0.39, 0.29) is 6.54 Å². The Bertz CT molecular complexity index is 449. The van der Waals surface area contributed by atoms with Gasteiger partial charge in [0.25, 0.3) is 0 Å². The quantitative estimate of drug-likeness (QED) is 0.329. The van der Waals surface area contributed by atoms with Gasteiger partial charge in [-0.05, 0) is 29.3 Å². The molecule has 0 heterocycles. The lowest BCUT2D eigenvalue weighted by molar-refractivity contribution is 0.112. The molecule has 82 valence electrons. The third-order valence-corrected chi connectivity index (χ3v) is 1.97. The van der Waals surface area contributed by atoms with E-state index in [1.807, 2.05) is 0 Å². The first-order valence-electron chi connectivity index (χ1n) is 4.62. The van der Waals surface area contributed by atoms with E-state index in [1.165, 1.54) is 0 Å². The van der Waals surface area contributed by atoms with Crippen molar-refractivity contribution in [1.29, 1.82) is 0 Å². The van der Waals surface area contributed by atoms with Gasteiger partial charge in [-0.2, -0.15) is 0 Å². The Kier molecular flexibility index (Phi) is 4.63. The van der Waals surface area contributed by atoms with Crippen LogP contribution in [0.4, 0.5) is 0 Å². The number of aldehydes is 1. The van der Waals surface area contributed by atoms with Gasteiger partial charge in [0, 0.05) is 17.0 Å². The number of hydrogen-bond acceptors (Lipinski definition) is 3. The highest BCUT2D eigenvalue weighted by Gasteiger charge is 1.99. The van der Waals surface area contributed by atoms with Gasteiger partial charge in [-0.15, -0.1) is 0 Å². The predicted molar refractivity (Wildman–Crippen MR) is 61.4 cm³/mol. The largest absolute Gasteiger partial charge is 0.497 e. The summed E-state index contributed by atoms with van der Waals surface area (Å²) in [5, 5.41) is 3.36. The summed E-state index contributed by atoms with van der Waals surface area (Å²) in [6.45, 7) is 0.256. The molecule has 0 N–H and O–H groups in total. The summed E-state index contributed by atoms with van der Waals surface area (Å²) in [5.41, 5.74) is 9.40. The van der Waals surface area contributed by atoms with Crippen molar-refractivity contribution in [3.8, 4) is 5.75 Å². The Morgan fingerprint density at radius 3 is 2.94 bits per heavy atom. The molecular weight excluding hydrogens is 206 g/mol. The molecule has 5 heteroatoms. The summed E-state index contributed by atoms with van der Waals surface area (Å²) < 4.78 is 5.05. The van der Waals surface area contributed by atoms with Crippen molar-refractivity contribution in [1.82, 2.24) is 0 Å². The minimum atomic E-state index is 0.256. The SMILES string of the molecule is COc1ccc(C=O)c(C=CCN=[N+]=[N-])c1. The minimum Gasteiger partial charge on any atom is -0.497 e. The third kappa shape index (κ3) is 3.15. The van der Waals surface area contributed by atoms with Crippen LogP contribution >= 0.6 is 0 Å². The number of hydrogen-bond donors (Lipinski definition) is 0. The maximum absolute atomic E-state index is 10.8. The van der Waals surface area contributed by atoms with Gasteiger partial charge in [0.15, 0.2) is 6.29 Å². The van der Waals surface area contributed by atoms with E-state index in [4.69, 9.17) is 10.3 Å². The van der Waals surface area contributed by atoms with E-state index in [1.54, 1.807) is 37.5 Å². The number of nitrogens with zero attached hydrogens (tertiary/aromatic N) is 3. The molecule has 0 fully saturated rings. The molecule has 0 unspecified atom stereocenters. The van der Waals surface area contributed by atoms with Crippen molar-refractivity contribution in [2.45, 2.75) is 0 Å². The zero-order valence-electron chi connectivity index (χ0n) is 8.83. The van der Waals surface area contributed by atoms with Crippen LogP contribution in [0.25, 0.3) is 16.5 Å². The Morgan fingerprint density at radius 2 is 2.31 bits per heavy atom. The normalized spacial score (nSPS) is 9.81. The lowest BCUT2D eigenvalue weighted by atomic mass is 10.1. The smallest absolute Gasteiger partial charge is 0.150 e. The molecule has 1 rings (SSSR count). The number of carbonyl (C=O) groups excluding carboxylic acids is 1. The van der Waals surface area contributed by atoms with Crippen LogP contribution in [0.3, 0.4) is 0 Å². The first-order valence-corrected chi connectivity index (χ1v) is 4.62. The van der Waals surface area contributed by atoms with Crippen LogP contribution in [-0.2, 0) is 0 Å². The van der Waals surface area contributed by atoms with Gasteiger partial charge >= 0.3 is 0 Å². The van der Waals surface area contributed by atoms with Crippen molar-refractivity contribution in [3.05, 3.63) is 45.8 Å². The molecule has 0 aromatic heterocycles. The van der Waals surface area contributed by atoms with E-state index < -0.39 is 0 Å². The molecule has 0 radical (unpaired) electrons. The first kappa shape index (κ1) is 11.8. The molecule has 0 spiro atoms. The van der Waals surface area contributed by atoms with E-state index in [0.717, 1.165) is 11.8 Å². The second-order valence-electron chi connectivity index (χ2n) is 2.93. The summed E-state index contributed by atoms with van der Waals surface area (Å²) in [6.07, 6.45) is 4.18. The average molecular weight is 217 g/mol. The number of ether oxygens (including phenoxy) is 1. The van der Waals surface area contributed by atoms with Crippen molar-refractivity contribution < 1.29 is 9.53 Å². The molecule has 16 heavy (non-hydrogen) atoms. The molecule has 0 aliphatic rings. The van der Waals surface area contributed by atoms with E-state index in [2.05, 4.69) is 10.0 Å². The molecular formula is C11H11N3O2. The Labute approximate surface area is 93.0 Å². The van der Waals surface area contributed by atoms with Gasteiger partial charge < -0.3 is 4.74 Å². The highest BCUT2D eigenvalue weighted by atomic mass is 16.5. The fraction of sp³-hybridized carbons (Fsp3) is 0.182. The monoisotopic (exact) mass is 217 g/mol. The van der Waals surface area contributed by atoms with Gasteiger partial charge in [-0.25, -0.2) is 0 Å². The van der Waals surface area contributed by atoms with Crippen LogP contribution < -0.4 is 4.74 Å². The lowest BCUT2D eigenvalue weighted by Gasteiger charge is -2.03. The fourth-order valence-electron chi connectivity index (χ4n) is 1.19. The van der Waals surface area contributed by atoms with Crippen LogP contribution in [0.2, 0.25) is 0 Å². The maximum Gasteiger partial charge on any atom is 0.150 e. The zero-order valence-corrected chi connectivity index (χ0v) is 8.83. The fourth-order valence-corrected chi connectivity index (χ4v) is 1.19. The van der Waals surface area contributed by atoms with E-state index >= 15 is 0 Å². The molecule has 0 aliphatic carbocycles. The van der Waals surface area contributed by atoms with Gasteiger partial charge in [0.05, 0.1) is 7.11 Å². The number of rotatable bonds is 5. The topological polar surface area (TPSA) is 75.1 Å². The molecule has 0 bridgehead atoms. The van der Waals surface area contributed by atoms with Gasteiger partial charge in [0.2, 0.25) is 0 Å². The number of carbonyl (C=O) groups is 1. The standard InChI is InChI=1S/C11H11N3O2/c1-16-11-5-4-10(8-15)9(7-11)3-2-6-13-14-12/h2-5,7-8H,6H2,1H3. The van der Waals surface area contributed by atoms with Crippen LogP contribution in [0.5, 0.6) is 5.75 Å². The molecule has 0 amide bonds. The Balaban J connectivity index is 2.94. The first-order chi connectivity index (χ1) is 7.81. The lowest BCUT2D eigenvalue weighted by Crippen LogP contribution is -1.89. The predicted octanol–water partition coefficient (Wildman–Crippen LogP) is 2.83. The van der Waals surface area contributed by atoms with Gasteiger partial charge in [0.1, 0.15) is 5.75 Å². The molecule has 0 aliphatic heterocycles. The van der Waals surface area contributed by atoms with Crippen molar-refractivity contribution >= 4 is 12.4 Å². The van der Waals surface area contributed by atoms with Crippen LogP contribution in [0.15, 0.2) is 29.4 Å². The third-order valence-electron chi connectivity index (χ3n) is 1.97. The summed E-state index contributed by atoms with van der Waals surface area (Å²) in [6, 6.07) is 5.14. The molecule has 0 atom stereocenters. The van der Waals surface area contributed by atoms with Crippen LogP contribution in [0, 0.1) is 0 Å². The molecule has 1 aromatic carbocycles. The maximum atomic E-state index is 10.8. The second kappa shape index (κ2) is 6.27. The van der Waals surface area contributed by atoms with Crippen LogP contribution in [-0.4, -0.2) is 19.9 Å². The van der Waals surface area contributed by atoms with E-state index in [0.29, 0.717) is 11.3 Å². The summed E-state index contributed by atoms with van der Waals surface area (Å²) in [4.78, 5) is 13.4. The second-order valence-corrected chi connectivity index (χ2v) is 2.93. The molecule has 1 aromatic rings. The highest BCUT2D eigenvalue weighted by Crippen LogP contribution is 2.17. The summed E-state index contributed by atoms with van der Waals surface area (Å²) in [7, 11) is 1.56. The summed E-state index contributed by atoms with van der Waals surface area (Å²) in [5.74, 6) is 0.675.